The minimum Gasteiger partial charge on any atom is -0.487 e. The van der Waals surface area contributed by atoms with Crippen LogP contribution in [0.3, 0.4) is 0 Å². The first kappa shape index (κ1) is 34.1. The summed E-state index contributed by atoms with van der Waals surface area (Å²) in [6, 6.07) is 21.7. The van der Waals surface area contributed by atoms with Crippen LogP contribution in [0.25, 0.3) is 27.8 Å². The maximum atomic E-state index is 13.0. The zero-order chi connectivity index (χ0) is 35.1. The number of rotatable bonds is 10. The van der Waals surface area contributed by atoms with Gasteiger partial charge in [0.25, 0.3) is 0 Å². The largest absolute Gasteiger partial charge is 0.487 e. The summed E-state index contributed by atoms with van der Waals surface area (Å²) >= 11 is 1.70. The maximum absolute atomic E-state index is 13.0. The Labute approximate surface area is 286 Å². The molecular weight excluding hydrogens is 650 g/mol. The number of pyridine rings is 2. The van der Waals surface area contributed by atoms with Gasteiger partial charge in [-0.3, -0.25) is 9.78 Å². The van der Waals surface area contributed by atoms with Crippen molar-refractivity contribution in [3.8, 4) is 17.0 Å². The van der Waals surface area contributed by atoms with Crippen molar-refractivity contribution in [1.82, 2.24) is 18.9 Å². The molecule has 4 heterocycles. The van der Waals surface area contributed by atoms with Gasteiger partial charge >= 0.3 is 12.1 Å². The lowest BCUT2D eigenvalue weighted by Crippen LogP contribution is -2.28. The van der Waals surface area contributed by atoms with E-state index in [0.29, 0.717) is 30.0 Å². The summed E-state index contributed by atoms with van der Waals surface area (Å²) in [7, 11) is 0. The highest BCUT2D eigenvalue weighted by Crippen LogP contribution is 2.44. The van der Waals surface area contributed by atoms with Gasteiger partial charge in [0.15, 0.2) is 0 Å². The minimum atomic E-state index is -4.45. The van der Waals surface area contributed by atoms with Crippen LogP contribution in [0.5, 0.6) is 5.75 Å². The molecule has 0 aliphatic heterocycles. The number of carboxylic acids is 1. The average molecular weight is 687 g/mol. The van der Waals surface area contributed by atoms with E-state index in [1.54, 1.807) is 25.6 Å². The molecule has 0 bridgehead atoms. The van der Waals surface area contributed by atoms with Gasteiger partial charge in [0, 0.05) is 63.4 Å². The second-order valence-electron chi connectivity index (χ2n) is 13.7. The second-order valence-corrected chi connectivity index (χ2v) is 15.6. The number of carboxylic acid groups (broad SMARTS) is 1. The van der Waals surface area contributed by atoms with Crippen LogP contribution in [-0.4, -0.2) is 34.8 Å². The van der Waals surface area contributed by atoms with Gasteiger partial charge in [-0.05, 0) is 61.9 Å². The molecule has 0 fully saturated rings. The first-order chi connectivity index (χ1) is 23.1. The standard InChI is InChI=1S/C38H37F3N4O3S/c1-36(2,3)49-34-29-18-28(48-23-27-22-44-17-7-6-8-33(44)43-27)14-16-31(29)45(32(34)19-37(4,5)35(46)47)21-24-9-11-25(12-10-24)30-15-13-26(20-42-30)38(39,40)41/h6-18,20,22H,19,21,23H2,1-5H3,(H,46,47). The Hall–Kier alpha value is -4.77. The molecule has 0 saturated heterocycles. The average Bonchev–Trinajstić information content (AvgIpc) is 3.57. The first-order valence-corrected chi connectivity index (χ1v) is 16.6. The normalized spacial score (nSPS) is 12.6. The summed E-state index contributed by atoms with van der Waals surface area (Å²) in [5, 5.41) is 11.1. The Morgan fingerprint density at radius 3 is 2.35 bits per heavy atom. The van der Waals surface area contributed by atoms with E-state index in [9.17, 15) is 23.1 Å². The highest BCUT2D eigenvalue weighted by molar-refractivity contribution is 8.00. The van der Waals surface area contributed by atoms with E-state index < -0.39 is 23.1 Å². The summed E-state index contributed by atoms with van der Waals surface area (Å²) in [6.45, 7) is 10.6. The number of thioether (sulfide) groups is 1. The number of carbonyl (C=O) groups is 1. The van der Waals surface area contributed by atoms with Crippen molar-refractivity contribution >= 4 is 34.3 Å². The molecule has 4 aromatic heterocycles. The molecule has 0 radical (unpaired) electrons. The Morgan fingerprint density at radius 1 is 0.959 bits per heavy atom. The zero-order valence-electron chi connectivity index (χ0n) is 27.9. The summed E-state index contributed by atoms with van der Waals surface area (Å²) in [5.41, 5.74) is 3.73. The number of halogens is 3. The summed E-state index contributed by atoms with van der Waals surface area (Å²) < 4.78 is 49.3. The molecule has 49 heavy (non-hydrogen) atoms. The molecule has 0 spiro atoms. The van der Waals surface area contributed by atoms with Crippen molar-refractivity contribution in [3.05, 3.63) is 114 Å². The molecule has 6 rings (SSSR count). The van der Waals surface area contributed by atoms with Crippen LogP contribution >= 0.6 is 11.8 Å². The van der Waals surface area contributed by atoms with E-state index in [4.69, 9.17) is 4.74 Å². The van der Waals surface area contributed by atoms with Crippen molar-refractivity contribution in [3.63, 3.8) is 0 Å². The maximum Gasteiger partial charge on any atom is 0.417 e. The number of aromatic nitrogens is 4. The monoisotopic (exact) mass is 686 g/mol. The number of fused-ring (bicyclic) bond motifs is 2. The molecule has 7 nitrogen and oxygen atoms in total. The number of imidazole rings is 1. The Kier molecular flexibility index (Phi) is 9.00. The Balaban J connectivity index is 1.37. The number of hydrogen-bond acceptors (Lipinski definition) is 5. The summed E-state index contributed by atoms with van der Waals surface area (Å²) in [5.74, 6) is -0.212. The molecule has 2 aromatic carbocycles. The van der Waals surface area contributed by atoms with Gasteiger partial charge in [-0.15, -0.1) is 11.8 Å². The molecule has 0 atom stereocenters. The van der Waals surface area contributed by atoms with Gasteiger partial charge in [-0.2, -0.15) is 13.2 Å². The highest BCUT2D eigenvalue weighted by Gasteiger charge is 2.33. The van der Waals surface area contributed by atoms with E-state index in [-0.39, 0.29) is 11.4 Å². The second kappa shape index (κ2) is 12.9. The zero-order valence-corrected chi connectivity index (χ0v) is 28.7. The lowest BCUT2D eigenvalue weighted by Gasteiger charge is -2.24. The van der Waals surface area contributed by atoms with Gasteiger partial charge in [-0.25, -0.2) is 4.98 Å². The predicted molar refractivity (Wildman–Crippen MR) is 186 cm³/mol. The van der Waals surface area contributed by atoms with E-state index in [2.05, 4.69) is 35.3 Å². The number of ether oxygens (including phenoxy) is 1. The third-order valence-corrected chi connectivity index (χ3v) is 9.44. The number of alkyl halides is 3. The number of benzene rings is 2. The Bertz CT molecular complexity index is 2090. The predicted octanol–water partition coefficient (Wildman–Crippen LogP) is 9.54. The first-order valence-electron chi connectivity index (χ1n) is 15.8. The SMILES string of the molecule is CC(C)(C)Sc1c(CC(C)(C)C(=O)O)n(Cc2ccc(-c3ccc(C(F)(F)F)cn3)cc2)c2ccc(OCc3cn4ccccc4n3)cc12. The van der Waals surface area contributed by atoms with Gasteiger partial charge in [-0.1, -0.05) is 51.1 Å². The third kappa shape index (κ3) is 7.62. The van der Waals surface area contributed by atoms with E-state index in [0.717, 1.165) is 50.7 Å². The van der Waals surface area contributed by atoms with Gasteiger partial charge < -0.3 is 18.8 Å². The molecule has 0 unspecified atom stereocenters. The molecule has 0 amide bonds. The van der Waals surface area contributed by atoms with Crippen LogP contribution in [-0.2, 0) is 30.5 Å². The van der Waals surface area contributed by atoms with Crippen LogP contribution in [0.4, 0.5) is 13.2 Å². The number of aliphatic carboxylic acids is 1. The van der Waals surface area contributed by atoms with Crippen LogP contribution < -0.4 is 4.74 Å². The smallest absolute Gasteiger partial charge is 0.417 e. The highest BCUT2D eigenvalue weighted by atomic mass is 32.2. The number of hydrogen-bond donors (Lipinski definition) is 1. The van der Waals surface area contributed by atoms with Crippen LogP contribution in [0, 0.1) is 5.41 Å². The molecular formula is C38H37F3N4O3S. The Morgan fingerprint density at radius 2 is 1.71 bits per heavy atom. The quantitative estimate of drug-likeness (QED) is 0.145. The molecule has 254 valence electrons. The molecule has 1 N–H and O–H groups in total. The minimum absolute atomic E-state index is 0.176. The van der Waals surface area contributed by atoms with E-state index >= 15 is 0 Å². The van der Waals surface area contributed by atoms with E-state index in [1.807, 2.05) is 77.5 Å². The molecule has 11 heteroatoms. The van der Waals surface area contributed by atoms with E-state index in [1.165, 1.54) is 6.07 Å². The number of nitrogens with zero attached hydrogens (tertiary/aromatic N) is 4. The van der Waals surface area contributed by atoms with Crippen molar-refractivity contribution in [1.29, 1.82) is 0 Å². The van der Waals surface area contributed by atoms with Gasteiger partial charge in [0.05, 0.1) is 22.4 Å². The topological polar surface area (TPSA) is 81.6 Å². The van der Waals surface area contributed by atoms with Crippen molar-refractivity contribution in [2.75, 3.05) is 0 Å². The molecule has 6 aromatic rings. The van der Waals surface area contributed by atoms with Gasteiger partial charge in [0.1, 0.15) is 18.0 Å². The van der Waals surface area contributed by atoms with Crippen LogP contribution in [0.15, 0.2) is 96.3 Å². The lowest BCUT2D eigenvalue weighted by atomic mass is 9.88. The fraction of sp³-hybridized carbons (Fsp3) is 0.289. The summed E-state index contributed by atoms with van der Waals surface area (Å²) in [6.07, 6.45) is 0.565. The fourth-order valence-corrected chi connectivity index (χ4v) is 6.81. The summed E-state index contributed by atoms with van der Waals surface area (Å²) in [4.78, 5) is 22.1. The lowest BCUT2D eigenvalue weighted by molar-refractivity contribution is -0.147. The molecule has 0 aliphatic rings. The van der Waals surface area contributed by atoms with Gasteiger partial charge in [0.2, 0.25) is 0 Å². The van der Waals surface area contributed by atoms with Crippen LogP contribution in [0.1, 0.15) is 57.1 Å². The fourth-order valence-electron chi connectivity index (χ4n) is 5.63. The third-order valence-electron chi connectivity index (χ3n) is 8.17. The van der Waals surface area contributed by atoms with Crippen molar-refractivity contribution < 1.29 is 27.8 Å². The molecule has 0 aliphatic carbocycles. The van der Waals surface area contributed by atoms with Crippen molar-refractivity contribution in [2.45, 2.75) is 70.0 Å². The molecule has 0 saturated carbocycles. The van der Waals surface area contributed by atoms with Crippen LogP contribution in [0.2, 0.25) is 0 Å². The van der Waals surface area contributed by atoms with Crippen molar-refractivity contribution in [2.24, 2.45) is 5.41 Å².